The molecular formula is C27H34FN3O5. The number of hydrogen-bond acceptors (Lipinski definition) is 5. The second-order valence-electron chi connectivity index (χ2n) is 9.57. The second-order valence-corrected chi connectivity index (χ2v) is 9.57. The van der Waals surface area contributed by atoms with Gasteiger partial charge in [-0.1, -0.05) is 44.2 Å². The number of aliphatic carboxylic acids is 1. The number of amides is 2. The van der Waals surface area contributed by atoms with E-state index in [0.29, 0.717) is 37.4 Å². The third-order valence-corrected chi connectivity index (χ3v) is 6.29. The molecule has 3 rings (SSSR count). The van der Waals surface area contributed by atoms with Gasteiger partial charge in [0.2, 0.25) is 11.8 Å². The van der Waals surface area contributed by atoms with Gasteiger partial charge in [0.1, 0.15) is 11.6 Å². The van der Waals surface area contributed by atoms with Crippen LogP contribution in [0.15, 0.2) is 48.5 Å². The summed E-state index contributed by atoms with van der Waals surface area (Å²) in [7, 11) is 0. The summed E-state index contributed by atoms with van der Waals surface area (Å²) < 4.78 is 19.4. The Morgan fingerprint density at radius 3 is 2.50 bits per heavy atom. The van der Waals surface area contributed by atoms with Crippen LogP contribution in [0.2, 0.25) is 0 Å². The van der Waals surface area contributed by atoms with Gasteiger partial charge in [0, 0.05) is 38.0 Å². The molecule has 0 radical (unpaired) electrons. The number of carbonyl (C=O) groups excluding carboxylic acids is 2. The SMILES string of the molecule is CC(C)C(Oc1ccc(CNC(=O)C2CCN(C(=O)CC(N)Cc3ccccc3F)C2)cc1)C(=O)O. The lowest BCUT2D eigenvalue weighted by atomic mass is 10.0. The third-order valence-electron chi connectivity index (χ3n) is 6.29. The molecule has 4 N–H and O–H groups in total. The highest BCUT2D eigenvalue weighted by Crippen LogP contribution is 2.20. The molecule has 1 aliphatic heterocycles. The topological polar surface area (TPSA) is 122 Å². The summed E-state index contributed by atoms with van der Waals surface area (Å²) in [5.41, 5.74) is 7.41. The number of likely N-dealkylation sites (tertiary alicyclic amines) is 1. The van der Waals surface area contributed by atoms with Gasteiger partial charge in [-0.3, -0.25) is 9.59 Å². The summed E-state index contributed by atoms with van der Waals surface area (Å²) in [6, 6.07) is 12.8. The van der Waals surface area contributed by atoms with Crippen molar-refractivity contribution in [3.63, 3.8) is 0 Å². The average molecular weight is 500 g/mol. The van der Waals surface area contributed by atoms with Gasteiger partial charge >= 0.3 is 5.97 Å². The van der Waals surface area contributed by atoms with E-state index < -0.39 is 18.1 Å². The van der Waals surface area contributed by atoms with Crippen molar-refractivity contribution in [2.24, 2.45) is 17.6 Å². The van der Waals surface area contributed by atoms with Gasteiger partial charge in [0.15, 0.2) is 6.10 Å². The van der Waals surface area contributed by atoms with E-state index in [1.807, 2.05) is 0 Å². The molecule has 9 heteroatoms. The zero-order chi connectivity index (χ0) is 26.2. The number of benzene rings is 2. The maximum Gasteiger partial charge on any atom is 0.345 e. The van der Waals surface area contributed by atoms with Crippen LogP contribution in [0.4, 0.5) is 4.39 Å². The predicted molar refractivity (Wildman–Crippen MR) is 133 cm³/mol. The molecule has 1 heterocycles. The highest BCUT2D eigenvalue weighted by atomic mass is 19.1. The van der Waals surface area contributed by atoms with Crippen LogP contribution in [0.25, 0.3) is 0 Å². The van der Waals surface area contributed by atoms with Crippen LogP contribution in [-0.2, 0) is 27.3 Å². The van der Waals surface area contributed by atoms with Crippen molar-refractivity contribution in [2.45, 2.75) is 51.8 Å². The summed E-state index contributed by atoms with van der Waals surface area (Å²) >= 11 is 0. The second kappa shape index (κ2) is 12.5. The van der Waals surface area contributed by atoms with E-state index in [2.05, 4.69) is 5.32 Å². The van der Waals surface area contributed by atoms with E-state index in [0.717, 1.165) is 5.56 Å². The first-order chi connectivity index (χ1) is 17.1. The van der Waals surface area contributed by atoms with Gasteiger partial charge in [-0.15, -0.1) is 0 Å². The highest BCUT2D eigenvalue weighted by Gasteiger charge is 2.31. The highest BCUT2D eigenvalue weighted by molar-refractivity contribution is 5.82. The molecule has 194 valence electrons. The Morgan fingerprint density at radius 2 is 1.86 bits per heavy atom. The number of hydrogen-bond donors (Lipinski definition) is 3. The first kappa shape index (κ1) is 27.1. The fraction of sp³-hybridized carbons (Fsp3) is 0.444. The summed E-state index contributed by atoms with van der Waals surface area (Å²) in [6.45, 7) is 4.68. The van der Waals surface area contributed by atoms with E-state index in [9.17, 15) is 23.9 Å². The zero-order valence-electron chi connectivity index (χ0n) is 20.7. The fourth-order valence-corrected chi connectivity index (χ4v) is 4.21. The van der Waals surface area contributed by atoms with Crippen LogP contribution in [-0.4, -0.2) is 53.0 Å². The maximum atomic E-state index is 13.8. The zero-order valence-corrected chi connectivity index (χ0v) is 20.7. The summed E-state index contributed by atoms with van der Waals surface area (Å²) in [4.78, 5) is 38.2. The van der Waals surface area contributed by atoms with Crippen molar-refractivity contribution >= 4 is 17.8 Å². The molecule has 1 aliphatic rings. The third kappa shape index (κ3) is 7.52. The number of ether oxygens (including phenoxy) is 1. The van der Waals surface area contributed by atoms with Crippen LogP contribution in [0.5, 0.6) is 5.75 Å². The molecule has 8 nitrogen and oxygen atoms in total. The molecule has 0 saturated carbocycles. The van der Waals surface area contributed by atoms with Crippen LogP contribution >= 0.6 is 0 Å². The van der Waals surface area contributed by atoms with Gasteiger partial charge in [0.05, 0.1) is 5.92 Å². The lowest BCUT2D eigenvalue weighted by Gasteiger charge is -2.19. The van der Waals surface area contributed by atoms with E-state index in [1.165, 1.54) is 6.07 Å². The van der Waals surface area contributed by atoms with Crippen molar-refractivity contribution in [3.8, 4) is 5.75 Å². The average Bonchev–Trinajstić information content (AvgIpc) is 3.33. The minimum absolute atomic E-state index is 0.0939. The number of rotatable bonds is 11. The first-order valence-corrected chi connectivity index (χ1v) is 12.2. The minimum atomic E-state index is -1.02. The van der Waals surface area contributed by atoms with Crippen LogP contribution in [0.1, 0.15) is 37.8 Å². The molecule has 0 aliphatic carbocycles. The Labute approximate surface area is 210 Å². The summed E-state index contributed by atoms with van der Waals surface area (Å²) in [5.74, 6) is -1.65. The van der Waals surface area contributed by atoms with Crippen molar-refractivity contribution in [1.82, 2.24) is 10.2 Å². The largest absolute Gasteiger partial charge is 0.478 e. The smallest absolute Gasteiger partial charge is 0.345 e. The Bertz CT molecular complexity index is 1060. The van der Waals surface area contributed by atoms with Crippen LogP contribution < -0.4 is 15.8 Å². The number of carboxylic acids is 1. The normalized spacial score (nSPS) is 17.0. The van der Waals surface area contributed by atoms with E-state index >= 15 is 0 Å². The van der Waals surface area contributed by atoms with Gasteiger partial charge in [-0.2, -0.15) is 0 Å². The van der Waals surface area contributed by atoms with Crippen molar-refractivity contribution in [3.05, 3.63) is 65.5 Å². The van der Waals surface area contributed by atoms with Crippen molar-refractivity contribution in [2.75, 3.05) is 13.1 Å². The molecule has 2 amide bonds. The number of halogens is 1. The molecule has 0 spiro atoms. The van der Waals surface area contributed by atoms with Gasteiger partial charge in [0.25, 0.3) is 0 Å². The molecule has 2 aromatic carbocycles. The minimum Gasteiger partial charge on any atom is -0.478 e. The summed E-state index contributed by atoms with van der Waals surface area (Å²) in [5, 5.41) is 12.2. The Balaban J connectivity index is 1.43. The molecule has 1 saturated heterocycles. The number of nitrogens with zero attached hydrogens (tertiary/aromatic N) is 1. The molecule has 36 heavy (non-hydrogen) atoms. The Kier molecular flexibility index (Phi) is 9.41. The summed E-state index contributed by atoms with van der Waals surface area (Å²) in [6.07, 6.45) is 0.00153. The standard InChI is InChI=1S/C27H34FN3O5/c1-17(2)25(27(34)35)36-22-9-7-18(8-10-22)15-30-26(33)20-11-12-31(16-20)24(32)14-21(29)13-19-5-3-4-6-23(19)28/h3-10,17,20-21,25H,11-16,29H2,1-2H3,(H,30,33)(H,34,35). The number of carbonyl (C=O) groups is 3. The maximum absolute atomic E-state index is 13.8. The molecule has 1 fully saturated rings. The lowest BCUT2D eigenvalue weighted by molar-refractivity contribution is -0.147. The Hall–Kier alpha value is -3.46. The molecule has 3 unspecified atom stereocenters. The number of nitrogens with two attached hydrogens (primary N) is 1. The van der Waals surface area contributed by atoms with E-state index in [-0.39, 0.29) is 42.3 Å². The molecule has 2 aromatic rings. The first-order valence-electron chi connectivity index (χ1n) is 12.2. The molecule has 0 bridgehead atoms. The van der Waals surface area contributed by atoms with Gasteiger partial charge in [-0.25, -0.2) is 9.18 Å². The van der Waals surface area contributed by atoms with Crippen molar-refractivity contribution < 1.29 is 28.6 Å². The van der Waals surface area contributed by atoms with E-state index in [4.69, 9.17) is 10.5 Å². The van der Waals surface area contributed by atoms with Crippen LogP contribution in [0.3, 0.4) is 0 Å². The van der Waals surface area contributed by atoms with Crippen molar-refractivity contribution in [1.29, 1.82) is 0 Å². The number of carboxylic acid groups (broad SMARTS) is 1. The molecular weight excluding hydrogens is 465 g/mol. The fourth-order valence-electron chi connectivity index (χ4n) is 4.21. The van der Waals surface area contributed by atoms with Crippen LogP contribution in [0, 0.1) is 17.7 Å². The Morgan fingerprint density at radius 1 is 1.17 bits per heavy atom. The molecule has 0 aromatic heterocycles. The predicted octanol–water partition coefficient (Wildman–Crippen LogP) is 2.74. The monoisotopic (exact) mass is 499 g/mol. The van der Waals surface area contributed by atoms with E-state index in [1.54, 1.807) is 61.2 Å². The molecule has 3 atom stereocenters. The van der Waals surface area contributed by atoms with Gasteiger partial charge in [-0.05, 0) is 42.2 Å². The number of nitrogens with one attached hydrogen (secondary N) is 1. The van der Waals surface area contributed by atoms with Gasteiger partial charge < -0.3 is 25.8 Å². The lowest BCUT2D eigenvalue weighted by Crippen LogP contribution is -2.37. The quantitative estimate of drug-likeness (QED) is 0.437.